The zero-order valence-corrected chi connectivity index (χ0v) is 13.6. The molecule has 0 radical (unpaired) electrons. The molecule has 1 heterocycles. The first-order valence-electron chi connectivity index (χ1n) is 6.82. The molecule has 98 valence electrons. The van der Waals surface area contributed by atoms with E-state index in [9.17, 15) is 0 Å². The largest absolute Gasteiger partial charge is 0.134 e. The third-order valence-corrected chi connectivity index (χ3v) is 5.89. The fourth-order valence-electron chi connectivity index (χ4n) is 2.82. The second-order valence-corrected chi connectivity index (χ2v) is 7.04. The van der Waals surface area contributed by atoms with Crippen molar-refractivity contribution in [1.82, 2.24) is 0 Å². The summed E-state index contributed by atoms with van der Waals surface area (Å²) in [5.74, 6) is 0.624. The predicted molar refractivity (Wildman–Crippen MR) is 90.4 cm³/mol. The van der Waals surface area contributed by atoms with Gasteiger partial charge in [0.05, 0.1) is 0 Å². The highest BCUT2D eigenvalue weighted by Gasteiger charge is 2.15. The summed E-state index contributed by atoms with van der Waals surface area (Å²) in [5.41, 5.74) is 1.50. The van der Waals surface area contributed by atoms with Gasteiger partial charge in [0.25, 0.3) is 0 Å². The van der Waals surface area contributed by atoms with E-state index < -0.39 is 0 Å². The van der Waals surface area contributed by atoms with Crippen LogP contribution in [0.2, 0.25) is 0 Å². The van der Waals surface area contributed by atoms with Crippen LogP contribution >= 0.6 is 27.3 Å². The van der Waals surface area contributed by atoms with Crippen LogP contribution in [0.15, 0.2) is 40.9 Å². The Labute approximate surface area is 126 Å². The first-order chi connectivity index (χ1) is 9.22. The summed E-state index contributed by atoms with van der Waals surface area (Å²) in [4.78, 5) is 0. The van der Waals surface area contributed by atoms with Crippen LogP contribution in [0.3, 0.4) is 0 Å². The molecule has 0 aliphatic heterocycles. The van der Waals surface area contributed by atoms with Gasteiger partial charge >= 0.3 is 0 Å². The third kappa shape index (κ3) is 2.21. The minimum atomic E-state index is 0.624. The topological polar surface area (TPSA) is 0 Å². The number of hydrogen-bond donors (Lipinski definition) is 0. The van der Waals surface area contributed by atoms with Crippen molar-refractivity contribution < 1.29 is 0 Å². The highest BCUT2D eigenvalue weighted by molar-refractivity contribution is 9.10. The Kier molecular flexibility index (Phi) is 3.64. The Morgan fingerprint density at radius 1 is 1.16 bits per heavy atom. The molecule has 0 aliphatic rings. The van der Waals surface area contributed by atoms with Crippen LogP contribution in [0.1, 0.15) is 38.2 Å². The minimum Gasteiger partial charge on any atom is -0.134 e. The zero-order chi connectivity index (χ0) is 13.4. The smallest absolute Gasteiger partial charge is 0.0500 e. The van der Waals surface area contributed by atoms with Gasteiger partial charge in [0.15, 0.2) is 0 Å². The molecule has 2 aromatic carbocycles. The third-order valence-electron chi connectivity index (χ3n) is 3.76. The van der Waals surface area contributed by atoms with E-state index in [-0.39, 0.29) is 0 Å². The van der Waals surface area contributed by atoms with E-state index in [0.717, 1.165) is 0 Å². The van der Waals surface area contributed by atoms with E-state index in [4.69, 9.17) is 0 Å². The summed E-state index contributed by atoms with van der Waals surface area (Å²) in [6, 6.07) is 13.2. The van der Waals surface area contributed by atoms with Gasteiger partial charge in [-0.3, -0.25) is 0 Å². The molecule has 0 saturated heterocycles. The quantitative estimate of drug-likeness (QED) is 0.499. The molecule has 2 heteroatoms. The molecule has 0 amide bonds. The molecule has 0 nitrogen and oxygen atoms in total. The van der Waals surface area contributed by atoms with Crippen LogP contribution in [0.4, 0.5) is 0 Å². The minimum absolute atomic E-state index is 0.624. The molecule has 0 fully saturated rings. The van der Waals surface area contributed by atoms with Crippen molar-refractivity contribution >= 4 is 47.4 Å². The molecule has 0 aliphatic carbocycles. The Morgan fingerprint density at radius 2 is 1.95 bits per heavy atom. The molecule has 1 atom stereocenters. The van der Waals surface area contributed by atoms with Crippen LogP contribution in [-0.2, 0) is 0 Å². The Bertz CT molecular complexity index is 727. The Morgan fingerprint density at radius 3 is 2.74 bits per heavy atom. The van der Waals surface area contributed by atoms with Crippen molar-refractivity contribution in [2.24, 2.45) is 0 Å². The lowest BCUT2D eigenvalue weighted by atomic mass is 9.92. The van der Waals surface area contributed by atoms with Gasteiger partial charge in [0.2, 0.25) is 0 Å². The number of fused-ring (bicyclic) bond motifs is 3. The average molecular weight is 333 g/mol. The molecule has 0 bridgehead atoms. The molecule has 1 aromatic heterocycles. The van der Waals surface area contributed by atoms with Gasteiger partial charge in [-0.2, -0.15) is 0 Å². The number of rotatable bonds is 3. The van der Waals surface area contributed by atoms with Crippen molar-refractivity contribution in [3.8, 4) is 0 Å². The summed E-state index contributed by atoms with van der Waals surface area (Å²) in [6.45, 7) is 4.61. The van der Waals surface area contributed by atoms with Crippen LogP contribution in [0, 0.1) is 0 Å². The maximum Gasteiger partial charge on any atom is 0.0500 e. The lowest BCUT2D eigenvalue weighted by molar-refractivity contribution is 0.669. The highest BCUT2D eigenvalue weighted by Crippen LogP contribution is 2.42. The van der Waals surface area contributed by atoms with Gasteiger partial charge in [-0.25, -0.2) is 0 Å². The molecule has 3 aromatic rings. The van der Waals surface area contributed by atoms with E-state index >= 15 is 0 Å². The van der Waals surface area contributed by atoms with Gasteiger partial charge < -0.3 is 0 Å². The summed E-state index contributed by atoms with van der Waals surface area (Å²) < 4.78 is 3.99. The average Bonchev–Trinajstić information content (AvgIpc) is 2.80. The second kappa shape index (κ2) is 5.26. The van der Waals surface area contributed by atoms with Crippen molar-refractivity contribution in [3.63, 3.8) is 0 Å². The van der Waals surface area contributed by atoms with Crippen molar-refractivity contribution in [2.45, 2.75) is 32.6 Å². The molecular weight excluding hydrogens is 316 g/mol. The first-order valence-corrected chi connectivity index (χ1v) is 8.43. The summed E-state index contributed by atoms with van der Waals surface area (Å²) in [5, 5.41) is 2.86. The van der Waals surface area contributed by atoms with Gasteiger partial charge in [-0.15, -0.1) is 11.3 Å². The lowest BCUT2D eigenvalue weighted by Crippen LogP contribution is -1.93. The number of hydrogen-bond acceptors (Lipinski definition) is 1. The van der Waals surface area contributed by atoms with E-state index in [1.165, 1.54) is 43.1 Å². The van der Waals surface area contributed by atoms with Crippen molar-refractivity contribution in [3.05, 3.63) is 46.4 Å². The van der Waals surface area contributed by atoms with Gasteiger partial charge in [0, 0.05) is 24.6 Å². The molecule has 19 heavy (non-hydrogen) atoms. The SMILES string of the molecule is CCCC(C)c1ccc(Br)c2sc3ccccc3c12. The fraction of sp³-hybridized carbons (Fsp3) is 0.294. The normalized spacial score (nSPS) is 13.2. The molecule has 3 rings (SSSR count). The summed E-state index contributed by atoms with van der Waals surface area (Å²) in [7, 11) is 0. The van der Waals surface area contributed by atoms with Crippen molar-refractivity contribution in [2.75, 3.05) is 0 Å². The van der Waals surface area contributed by atoms with E-state index in [2.05, 4.69) is 66.2 Å². The van der Waals surface area contributed by atoms with Gasteiger partial charge in [-0.1, -0.05) is 44.5 Å². The van der Waals surface area contributed by atoms with Crippen LogP contribution in [0.5, 0.6) is 0 Å². The van der Waals surface area contributed by atoms with Crippen LogP contribution in [0.25, 0.3) is 20.2 Å². The summed E-state index contributed by atoms with van der Waals surface area (Å²) in [6.07, 6.45) is 2.49. The summed E-state index contributed by atoms with van der Waals surface area (Å²) >= 11 is 5.60. The van der Waals surface area contributed by atoms with Crippen molar-refractivity contribution in [1.29, 1.82) is 0 Å². The highest BCUT2D eigenvalue weighted by atomic mass is 79.9. The van der Waals surface area contributed by atoms with E-state index in [1.54, 1.807) is 0 Å². The number of thiophene rings is 1. The maximum absolute atomic E-state index is 3.71. The molecular formula is C17H17BrS. The fourth-order valence-corrected chi connectivity index (χ4v) is 4.54. The second-order valence-electron chi connectivity index (χ2n) is 5.13. The van der Waals surface area contributed by atoms with Crippen LogP contribution < -0.4 is 0 Å². The molecule has 0 spiro atoms. The number of halogens is 1. The standard InChI is InChI=1S/C17H17BrS/c1-3-6-11(2)12-9-10-14(18)17-16(12)13-7-4-5-8-15(13)19-17/h4-5,7-11H,3,6H2,1-2H3. The van der Waals surface area contributed by atoms with E-state index in [1.807, 2.05) is 11.3 Å². The monoisotopic (exact) mass is 332 g/mol. The molecule has 1 unspecified atom stereocenters. The predicted octanol–water partition coefficient (Wildman–Crippen LogP) is 6.72. The first kappa shape index (κ1) is 13.1. The maximum atomic E-state index is 3.71. The Balaban J connectivity index is 2.36. The molecule has 0 saturated carbocycles. The van der Waals surface area contributed by atoms with E-state index in [0.29, 0.717) is 5.92 Å². The van der Waals surface area contributed by atoms with Crippen LogP contribution in [-0.4, -0.2) is 0 Å². The van der Waals surface area contributed by atoms with Gasteiger partial charge in [0.1, 0.15) is 0 Å². The zero-order valence-electron chi connectivity index (χ0n) is 11.2. The molecule has 0 N–H and O–H groups in total. The lowest BCUT2D eigenvalue weighted by Gasteiger charge is -2.13. The Hall–Kier alpha value is -0.860. The number of benzene rings is 2. The van der Waals surface area contributed by atoms with Gasteiger partial charge in [-0.05, 0) is 46.0 Å².